The largest absolute Gasteiger partial charge is 0.483 e. The quantitative estimate of drug-likeness (QED) is 0.596. The first kappa shape index (κ1) is 22.5. The van der Waals surface area contributed by atoms with Crippen molar-refractivity contribution in [1.82, 2.24) is 31.2 Å². The molecule has 1 aliphatic carbocycles. The van der Waals surface area contributed by atoms with Crippen molar-refractivity contribution >= 4 is 11.8 Å². The van der Waals surface area contributed by atoms with Crippen LogP contribution in [0.4, 0.5) is 0 Å². The number of benzene rings is 1. The molecule has 3 saturated heterocycles. The van der Waals surface area contributed by atoms with Crippen LogP contribution in [0.1, 0.15) is 19.3 Å². The average molecular weight is 477 g/mol. The van der Waals surface area contributed by atoms with E-state index >= 15 is 0 Å². The molecule has 4 fully saturated rings. The average Bonchev–Trinajstić information content (AvgIpc) is 3.62. The minimum Gasteiger partial charge on any atom is -0.483 e. The number of hydrogen-bond acceptors (Lipinski definition) is 7. The van der Waals surface area contributed by atoms with E-state index in [2.05, 4.69) is 26.3 Å². The molecule has 2 aromatic rings. The Kier molecular flexibility index (Phi) is 6.13. The number of amides is 2. The predicted octanol–water partition coefficient (Wildman–Crippen LogP) is 1.19. The van der Waals surface area contributed by atoms with E-state index < -0.39 is 0 Å². The molecule has 5 atom stereocenters. The molecule has 3 unspecified atom stereocenters. The van der Waals surface area contributed by atoms with Crippen molar-refractivity contribution in [2.24, 2.45) is 17.8 Å². The minimum atomic E-state index is 0.00361. The van der Waals surface area contributed by atoms with Gasteiger partial charge in [-0.15, -0.1) is 0 Å². The van der Waals surface area contributed by atoms with Crippen LogP contribution in [0.2, 0.25) is 0 Å². The molecule has 1 aromatic heterocycles. The second kappa shape index (κ2) is 9.56. The first-order valence-corrected chi connectivity index (χ1v) is 12.6. The number of aromatic nitrogens is 1. The highest BCUT2D eigenvalue weighted by Gasteiger charge is 2.45. The number of pyridine rings is 1. The van der Waals surface area contributed by atoms with Gasteiger partial charge >= 0.3 is 0 Å². The summed E-state index contributed by atoms with van der Waals surface area (Å²) in [4.78, 5) is 34.3. The Morgan fingerprint density at radius 3 is 2.51 bits per heavy atom. The molecule has 6 rings (SSSR count). The standard InChI is InChI=1S/C26H32N6O3/c33-25(16-35-24-6-2-1-5-21(24)18-4-3-9-27-11-18)31-12-19-14-32(15-20(19)13-31)26(34)17-7-8-22-23(10-17)29-30-28-22/h1-6,9,11,17,19-20,22-23,28-30H,7-8,10,12-16H2/t17?,19-,20-,22?,23?/m1/s1. The van der Waals surface area contributed by atoms with Gasteiger partial charge in [-0.2, -0.15) is 5.53 Å². The zero-order valence-corrected chi connectivity index (χ0v) is 19.7. The van der Waals surface area contributed by atoms with E-state index in [4.69, 9.17) is 4.74 Å². The Bertz CT molecular complexity index is 1070. The zero-order valence-electron chi connectivity index (χ0n) is 19.7. The molecule has 2 amide bonds. The maximum absolute atomic E-state index is 13.2. The highest BCUT2D eigenvalue weighted by molar-refractivity contribution is 5.80. The second-order valence-corrected chi connectivity index (χ2v) is 10.2. The third kappa shape index (κ3) is 4.51. The number of carbonyl (C=O) groups is 2. The topological polar surface area (TPSA) is 98.8 Å². The van der Waals surface area contributed by atoms with Crippen molar-refractivity contribution in [2.75, 3.05) is 32.8 Å². The van der Waals surface area contributed by atoms with Crippen molar-refractivity contribution in [1.29, 1.82) is 0 Å². The molecule has 0 spiro atoms. The number of nitrogens with one attached hydrogen (secondary N) is 3. The van der Waals surface area contributed by atoms with E-state index in [1.165, 1.54) is 0 Å². The molecule has 9 heteroatoms. The van der Waals surface area contributed by atoms with Crippen LogP contribution < -0.4 is 21.1 Å². The highest BCUT2D eigenvalue weighted by Crippen LogP contribution is 2.35. The fourth-order valence-corrected chi connectivity index (χ4v) is 6.17. The summed E-state index contributed by atoms with van der Waals surface area (Å²) in [6, 6.07) is 12.3. The number of para-hydroxylation sites is 1. The van der Waals surface area contributed by atoms with Crippen molar-refractivity contribution in [3.8, 4) is 16.9 Å². The summed E-state index contributed by atoms with van der Waals surface area (Å²) >= 11 is 0. The molecule has 3 N–H and O–H groups in total. The fourth-order valence-electron chi connectivity index (χ4n) is 6.17. The number of carbonyl (C=O) groups excluding carboxylic acids is 2. The molecule has 9 nitrogen and oxygen atoms in total. The van der Waals surface area contributed by atoms with Gasteiger partial charge in [0.05, 0.1) is 0 Å². The third-order valence-electron chi connectivity index (χ3n) is 8.08. The van der Waals surface area contributed by atoms with Crippen LogP contribution in [-0.4, -0.2) is 71.5 Å². The van der Waals surface area contributed by atoms with Crippen LogP contribution in [0.25, 0.3) is 11.1 Å². The van der Waals surface area contributed by atoms with Gasteiger partial charge in [-0.05, 0) is 31.4 Å². The first-order chi connectivity index (χ1) is 17.2. The minimum absolute atomic E-state index is 0.00361. The van der Waals surface area contributed by atoms with E-state index in [-0.39, 0.29) is 18.4 Å². The SMILES string of the molecule is O=C(COc1ccccc1-c1cccnc1)N1C[C@@H]2CN(C(=O)C3CCC4NNNC4C3)C[C@H]2C1. The van der Waals surface area contributed by atoms with E-state index in [9.17, 15) is 9.59 Å². The lowest BCUT2D eigenvalue weighted by Gasteiger charge is -2.32. The molecule has 35 heavy (non-hydrogen) atoms. The van der Waals surface area contributed by atoms with Gasteiger partial charge in [-0.3, -0.25) is 14.6 Å². The van der Waals surface area contributed by atoms with Gasteiger partial charge in [-0.25, -0.2) is 10.9 Å². The van der Waals surface area contributed by atoms with E-state index in [1.807, 2.05) is 41.3 Å². The van der Waals surface area contributed by atoms with Crippen LogP contribution in [0.5, 0.6) is 5.75 Å². The molecule has 4 heterocycles. The molecule has 184 valence electrons. The number of rotatable bonds is 5. The smallest absolute Gasteiger partial charge is 0.260 e. The molecule has 1 aromatic carbocycles. The monoisotopic (exact) mass is 476 g/mol. The van der Waals surface area contributed by atoms with Crippen LogP contribution in [0.3, 0.4) is 0 Å². The van der Waals surface area contributed by atoms with Crippen molar-refractivity contribution in [3.63, 3.8) is 0 Å². The number of nitrogens with zero attached hydrogens (tertiary/aromatic N) is 3. The van der Waals surface area contributed by atoms with Gasteiger partial charge in [0.1, 0.15) is 5.75 Å². The van der Waals surface area contributed by atoms with Gasteiger partial charge in [0.2, 0.25) is 5.91 Å². The Morgan fingerprint density at radius 2 is 1.71 bits per heavy atom. The normalized spacial score (nSPS) is 29.7. The summed E-state index contributed by atoms with van der Waals surface area (Å²) in [6.07, 6.45) is 6.35. The van der Waals surface area contributed by atoms with Gasteiger partial charge in [0, 0.05) is 79.5 Å². The maximum atomic E-state index is 13.2. The summed E-state index contributed by atoms with van der Waals surface area (Å²) in [5, 5.41) is 0. The summed E-state index contributed by atoms with van der Waals surface area (Å²) in [6.45, 7) is 2.93. The second-order valence-electron chi connectivity index (χ2n) is 10.2. The number of hydrogen-bond donors (Lipinski definition) is 3. The Labute approximate surface area is 205 Å². The maximum Gasteiger partial charge on any atom is 0.260 e. The van der Waals surface area contributed by atoms with Gasteiger partial charge in [0.15, 0.2) is 6.61 Å². The molecule has 0 bridgehead atoms. The number of hydrazine groups is 2. The van der Waals surface area contributed by atoms with Crippen molar-refractivity contribution in [3.05, 3.63) is 48.8 Å². The number of likely N-dealkylation sites (tertiary alicyclic amines) is 2. The van der Waals surface area contributed by atoms with Crippen molar-refractivity contribution in [2.45, 2.75) is 31.3 Å². The molecular formula is C26H32N6O3. The van der Waals surface area contributed by atoms with Crippen LogP contribution in [0, 0.1) is 17.8 Å². The Hall–Kier alpha value is -3.01. The van der Waals surface area contributed by atoms with E-state index in [1.54, 1.807) is 12.4 Å². The van der Waals surface area contributed by atoms with Crippen LogP contribution >= 0.6 is 0 Å². The van der Waals surface area contributed by atoms with Crippen molar-refractivity contribution < 1.29 is 14.3 Å². The molecule has 3 aliphatic heterocycles. The van der Waals surface area contributed by atoms with Gasteiger partial charge in [0.25, 0.3) is 5.91 Å². The van der Waals surface area contributed by atoms with E-state index in [0.717, 1.165) is 43.5 Å². The van der Waals surface area contributed by atoms with Crippen LogP contribution in [-0.2, 0) is 9.59 Å². The lowest BCUT2D eigenvalue weighted by atomic mass is 9.82. The highest BCUT2D eigenvalue weighted by atomic mass is 16.5. The van der Waals surface area contributed by atoms with E-state index in [0.29, 0.717) is 48.7 Å². The van der Waals surface area contributed by atoms with Gasteiger partial charge in [-0.1, -0.05) is 24.3 Å². The molecule has 4 aliphatic rings. The first-order valence-electron chi connectivity index (χ1n) is 12.6. The Morgan fingerprint density at radius 1 is 0.943 bits per heavy atom. The summed E-state index contributed by atoms with van der Waals surface area (Å²) in [5.74, 6) is 1.78. The lowest BCUT2D eigenvalue weighted by Crippen LogP contribution is -2.45. The predicted molar refractivity (Wildman–Crippen MR) is 130 cm³/mol. The summed E-state index contributed by atoms with van der Waals surface area (Å²) in [5.41, 5.74) is 11.4. The third-order valence-corrected chi connectivity index (χ3v) is 8.08. The molecule has 1 saturated carbocycles. The summed E-state index contributed by atoms with van der Waals surface area (Å²) in [7, 11) is 0. The van der Waals surface area contributed by atoms with Crippen LogP contribution in [0.15, 0.2) is 48.8 Å². The lowest BCUT2D eigenvalue weighted by molar-refractivity contribution is -0.136. The molecular weight excluding hydrogens is 444 g/mol. The molecule has 0 radical (unpaired) electrons. The zero-order chi connectivity index (χ0) is 23.8. The summed E-state index contributed by atoms with van der Waals surface area (Å²) < 4.78 is 5.96. The van der Waals surface area contributed by atoms with Gasteiger partial charge < -0.3 is 14.5 Å². The number of fused-ring (bicyclic) bond motifs is 2. The Balaban J connectivity index is 1.01. The number of ether oxygens (including phenoxy) is 1. The fraction of sp³-hybridized carbons (Fsp3) is 0.500.